The summed E-state index contributed by atoms with van der Waals surface area (Å²) in [7, 11) is 0. The zero-order valence-electron chi connectivity index (χ0n) is 14.1. The zero-order valence-corrected chi connectivity index (χ0v) is 15.7. The Morgan fingerprint density at radius 3 is 2.08 bits per heavy atom. The molecular formula is C20H21BrO4. The highest BCUT2D eigenvalue weighted by Gasteiger charge is 2.57. The predicted molar refractivity (Wildman–Crippen MR) is 98.4 cm³/mol. The van der Waals surface area contributed by atoms with Crippen molar-refractivity contribution in [3.8, 4) is 0 Å². The van der Waals surface area contributed by atoms with E-state index in [4.69, 9.17) is 14.2 Å². The molecule has 0 spiro atoms. The van der Waals surface area contributed by atoms with Crippen molar-refractivity contribution in [3.63, 3.8) is 0 Å². The molecule has 25 heavy (non-hydrogen) atoms. The van der Waals surface area contributed by atoms with Gasteiger partial charge in [0, 0.05) is 19.4 Å². The van der Waals surface area contributed by atoms with Crippen molar-refractivity contribution in [1.82, 2.24) is 0 Å². The van der Waals surface area contributed by atoms with E-state index in [-0.39, 0.29) is 6.61 Å². The Kier molecular flexibility index (Phi) is 5.57. The lowest BCUT2D eigenvalue weighted by Gasteiger charge is -2.28. The van der Waals surface area contributed by atoms with Crippen LogP contribution in [0.4, 0.5) is 0 Å². The first-order chi connectivity index (χ1) is 12.1. The van der Waals surface area contributed by atoms with Gasteiger partial charge in [-0.05, 0) is 34.0 Å². The molecule has 1 aliphatic heterocycles. The van der Waals surface area contributed by atoms with Crippen molar-refractivity contribution in [2.45, 2.75) is 30.1 Å². The van der Waals surface area contributed by atoms with Crippen molar-refractivity contribution >= 4 is 21.9 Å². The van der Waals surface area contributed by atoms with Gasteiger partial charge in [-0.2, -0.15) is 0 Å². The van der Waals surface area contributed by atoms with E-state index in [0.717, 1.165) is 11.1 Å². The Morgan fingerprint density at radius 1 is 0.960 bits per heavy atom. The number of ether oxygens (including phenoxy) is 3. The largest absolute Gasteiger partial charge is 0.427 e. The molecule has 2 aromatic carbocycles. The molecule has 1 heterocycles. The van der Waals surface area contributed by atoms with Crippen molar-refractivity contribution in [1.29, 1.82) is 0 Å². The SMILES string of the molecule is CCOCC1(Cc2ccccc2)OC(=O)C(Br)(Cc2ccccc2)O1. The quantitative estimate of drug-likeness (QED) is 0.518. The molecule has 2 atom stereocenters. The van der Waals surface area contributed by atoms with Crippen LogP contribution in [0, 0.1) is 0 Å². The van der Waals surface area contributed by atoms with Crippen molar-refractivity contribution in [2.24, 2.45) is 0 Å². The van der Waals surface area contributed by atoms with Crippen LogP contribution in [0.2, 0.25) is 0 Å². The third-order valence-corrected chi connectivity index (χ3v) is 4.81. The lowest BCUT2D eigenvalue weighted by atomic mass is 10.1. The molecule has 0 aliphatic carbocycles. The Hall–Kier alpha value is -1.69. The fraction of sp³-hybridized carbons (Fsp3) is 0.350. The van der Waals surface area contributed by atoms with E-state index in [1.807, 2.05) is 67.6 Å². The number of benzene rings is 2. The van der Waals surface area contributed by atoms with Gasteiger partial charge in [-0.3, -0.25) is 0 Å². The van der Waals surface area contributed by atoms with Crippen molar-refractivity contribution in [3.05, 3.63) is 71.8 Å². The van der Waals surface area contributed by atoms with Crippen LogP contribution in [0.1, 0.15) is 18.1 Å². The molecule has 0 saturated carbocycles. The van der Waals surface area contributed by atoms with Gasteiger partial charge >= 0.3 is 5.97 Å². The molecule has 0 amide bonds. The second kappa shape index (κ2) is 7.68. The minimum absolute atomic E-state index is 0.187. The summed E-state index contributed by atoms with van der Waals surface area (Å²) in [5.74, 6) is -1.56. The molecule has 4 nitrogen and oxygen atoms in total. The van der Waals surface area contributed by atoms with Gasteiger partial charge in [0.05, 0.1) is 0 Å². The smallest absolute Gasteiger partial charge is 0.352 e. The highest BCUT2D eigenvalue weighted by atomic mass is 79.9. The Morgan fingerprint density at radius 2 is 1.52 bits per heavy atom. The average Bonchev–Trinajstić information content (AvgIpc) is 2.85. The summed E-state index contributed by atoms with van der Waals surface area (Å²) in [6.45, 7) is 2.61. The minimum Gasteiger partial charge on any atom is -0.427 e. The Bertz CT molecular complexity index is 706. The van der Waals surface area contributed by atoms with Gasteiger partial charge in [-0.1, -0.05) is 60.7 Å². The monoisotopic (exact) mass is 404 g/mol. The predicted octanol–water partition coefficient (Wildman–Crippen LogP) is 3.87. The topological polar surface area (TPSA) is 44.8 Å². The summed E-state index contributed by atoms with van der Waals surface area (Å²) < 4.78 is 16.2. The summed E-state index contributed by atoms with van der Waals surface area (Å²) in [6, 6.07) is 19.5. The van der Waals surface area contributed by atoms with Crippen LogP contribution in [-0.4, -0.2) is 29.5 Å². The van der Waals surface area contributed by atoms with Gasteiger partial charge in [0.1, 0.15) is 6.61 Å². The van der Waals surface area contributed by atoms with E-state index < -0.39 is 16.3 Å². The fourth-order valence-corrected chi connectivity index (χ4v) is 3.62. The lowest BCUT2D eigenvalue weighted by molar-refractivity contribution is -0.205. The number of carbonyl (C=O) groups excluding carboxylic acids is 1. The summed E-state index contributed by atoms with van der Waals surface area (Å²) >= 11 is 3.48. The molecule has 5 heteroatoms. The van der Waals surface area contributed by atoms with Gasteiger partial charge in [0.15, 0.2) is 0 Å². The average molecular weight is 405 g/mol. The molecule has 0 N–H and O–H groups in total. The first-order valence-electron chi connectivity index (χ1n) is 8.33. The van der Waals surface area contributed by atoms with E-state index in [1.54, 1.807) is 0 Å². The molecule has 2 aromatic rings. The van der Waals surface area contributed by atoms with E-state index >= 15 is 0 Å². The number of halogens is 1. The maximum absolute atomic E-state index is 12.6. The van der Waals surface area contributed by atoms with E-state index in [9.17, 15) is 4.79 Å². The summed E-state index contributed by atoms with van der Waals surface area (Å²) in [6.07, 6.45) is 0.817. The van der Waals surface area contributed by atoms with E-state index in [0.29, 0.717) is 19.4 Å². The van der Waals surface area contributed by atoms with Gasteiger partial charge in [0.25, 0.3) is 0 Å². The summed E-state index contributed by atoms with van der Waals surface area (Å²) in [4.78, 5) is 12.6. The summed E-state index contributed by atoms with van der Waals surface area (Å²) in [5.41, 5.74) is 2.01. The number of hydrogen-bond donors (Lipinski definition) is 0. The molecule has 0 radical (unpaired) electrons. The maximum atomic E-state index is 12.6. The number of cyclic esters (lactones) is 1. The maximum Gasteiger partial charge on any atom is 0.352 e. The van der Waals surface area contributed by atoms with Crippen LogP contribution in [0.15, 0.2) is 60.7 Å². The van der Waals surface area contributed by atoms with Gasteiger partial charge in [-0.15, -0.1) is 0 Å². The fourth-order valence-electron chi connectivity index (χ4n) is 2.92. The normalized spacial score (nSPS) is 25.8. The molecule has 0 bridgehead atoms. The van der Waals surface area contributed by atoms with Crippen LogP contribution in [0.5, 0.6) is 0 Å². The molecule has 1 fully saturated rings. The highest BCUT2D eigenvalue weighted by Crippen LogP contribution is 2.41. The second-order valence-electron chi connectivity index (χ2n) is 6.09. The van der Waals surface area contributed by atoms with Crippen molar-refractivity contribution < 1.29 is 19.0 Å². The molecule has 132 valence electrons. The lowest BCUT2D eigenvalue weighted by Crippen LogP contribution is -2.41. The van der Waals surface area contributed by atoms with E-state index in [2.05, 4.69) is 15.9 Å². The highest BCUT2D eigenvalue weighted by molar-refractivity contribution is 9.10. The van der Waals surface area contributed by atoms with Gasteiger partial charge in [-0.25, -0.2) is 4.79 Å². The number of carbonyl (C=O) groups is 1. The number of rotatable bonds is 7. The molecule has 2 unspecified atom stereocenters. The zero-order chi connectivity index (χ0) is 17.8. The van der Waals surface area contributed by atoms with Crippen LogP contribution < -0.4 is 0 Å². The second-order valence-corrected chi connectivity index (χ2v) is 7.37. The molecule has 1 saturated heterocycles. The minimum atomic E-state index is -1.21. The van der Waals surface area contributed by atoms with Gasteiger partial charge in [0.2, 0.25) is 10.3 Å². The van der Waals surface area contributed by atoms with Crippen molar-refractivity contribution in [2.75, 3.05) is 13.2 Å². The van der Waals surface area contributed by atoms with Crippen LogP contribution in [-0.2, 0) is 31.8 Å². The first kappa shape index (κ1) is 18.1. The number of alkyl halides is 1. The van der Waals surface area contributed by atoms with Gasteiger partial charge < -0.3 is 14.2 Å². The standard InChI is InChI=1S/C20H21BrO4/c1-2-23-15-19(13-16-9-5-3-6-10-16)24-18(22)20(21,25-19)14-17-11-7-4-8-12-17/h3-12H,2,13-15H2,1H3. The molecule has 3 rings (SSSR count). The third kappa shape index (κ3) is 4.29. The third-order valence-electron chi connectivity index (χ3n) is 4.05. The number of hydrogen-bond acceptors (Lipinski definition) is 4. The van der Waals surface area contributed by atoms with Crippen LogP contribution >= 0.6 is 15.9 Å². The van der Waals surface area contributed by atoms with Crippen LogP contribution in [0.3, 0.4) is 0 Å². The molecule has 1 aliphatic rings. The Balaban J connectivity index is 1.83. The summed E-state index contributed by atoms with van der Waals surface area (Å²) in [5, 5.41) is 0. The molecular weight excluding hydrogens is 384 g/mol. The Labute approximate surface area is 156 Å². The number of esters is 1. The van der Waals surface area contributed by atoms with Crippen LogP contribution in [0.25, 0.3) is 0 Å². The molecule has 0 aromatic heterocycles. The first-order valence-corrected chi connectivity index (χ1v) is 9.13. The van der Waals surface area contributed by atoms with E-state index in [1.165, 1.54) is 0 Å².